The molecule has 0 bridgehead atoms. The van der Waals surface area contributed by atoms with Gasteiger partial charge in [0.1, 0.15) is 0 Å². The highest BCUT2D eigenvalue weighted by Gasteiger charge is 2.17. The summed E-state index contributed by atoms with van der Waals surface area (Å²) < 4.78 is 0. The van der Waals surface area contributed by atoms with Gasteiger partial charge in [-0.25, -0.2) is 0 Å². The highest BCUT2D eigenvalue weighted by molar-refractivity contribution is 6.62. The maximum atomic E-state index is 11.1. The van der Waals surface area contributed by atoms with Gasteiger partial charge in [0.2, 0.25) is 5.78 Å². The molecule has 0 fully saturated rings. The number of carbonyl (C=O) groups excluding carboxylic acids is 3. The molecule has 0 N–H and O–H groups in total. The minimum Gasteiger partial charge on any atom is -0.294 e. The Morgan fingerprint density at radius 3 is 2.38 bits per heavy atom. The third kappa shape index (κ3) is 2.00. The van der Waals surface area contributed by atoms with Crippen LogP contribution in [0.15, 0.2) is 24.3 Å². The van der Waals surface area contributed by atoms with Gasteiger partial charge in [-0.15, -0.1) is 0 Å². The number of rotatable bonds is 3. The number of hydrogen-bond donors (Lipinski definition) is 0. The second kappa shape index (κ2) is 3.96. The number of halogens is 1. The van der Waals surface area contributed by atoms with Crippen molar-refractivity contribution < 1.29 is 14.4 Å². The van der Waals surface area contributed by atoms with E-state index < -0.39 is 11.6 Å². The van der Waals surface area contributed by atoms with Crippen LogP contribution in [0.3, 0.4) is 0 Å². The van der Waals surface area contributed by atoms with Crippen LogP contribution in [0.1, 0.15) is 10.4 Å². The summed E-state index contributed by atoms with van der Waals surface area (Å²) in [7, 11) is 0. The second-order valence-electron chi connectivity index (χ2n) is 2.29. The van der Waals surface area contributed by atoms with E-state index in [9.17, 15) is 14.4 Å². The average molecular weight is 197 g/mol. The van der Waals surface area contributed by atoms with Crippen LogP contribution >= 0.6 is 11.6 Å². The number of aldehydes is 1. The number of ketones is 2. The third-order valence-corrected chi connectivity index (χ3v) is 1.78. The molecule has 0 unspecified atom stereocenters. The van der Waals surface area contributed by atoms with Gasteiger partial charge in [-0.3, -0.25) is 14.4 Å². The molecule has 4 heteroatoms. The summed E-state index contributed by atoms with van der Waals surface area (Å²) >= 11 is 5.63. The molecule has 0 atom stereocenters. The molecule has 0 aliphatic carbocycles. The lowest BCUT2D eigenvalue weighted by Gasteiger charge is -1.97. The lowest BCUT2D eigenvalue weighted by atomic mass is 10.1. The van der Waals surface area contributed by atoms with Crippen molar-refractivity contribution >= 4 is 29.5 Å². The Morgan fingerprint density at radius 2 is 1.85 bits per heavy atom. The zero-order valence-electron chi connectivity index (χ0n) is 6.49. The van der Waals surface area contributed by atoms with Crippen molar-refractivity contribution in [3.8, 4) is 0 Å². The minimum atomic E-state index is -1.09. The largest absolute Gasteiger partial charge is 0.294 e. The fourth-order valence-corrected chi connectivity index (χ4v) is 1.05. The van der Waals surface area contributed by atoms with Gasteiger partial charge >= 0.3 is 0 Å². The van der Waals surface area contributed by atoms with E-state index in [-0.39, 0.29) is 16.9 Å². The molecule has 1 aromatic rings. The average Bonchev–Trinajstić information content (AvgIpc) is 2.16. The molecule has 0 aromatic heterocycles. The van der Waals surface area contributed by atoms with E-state index in [1.807, 2.05) is 0 Å². The molecule has 0 radical (unpaired) electrons. The van der Waals surface area contributed by atoms with Gasteiger partial charge in [0.05, 0.1) is 5.02 Å². The molecule has 0 aliphatic heterocycles. The van der Waals surface area contributed by atoms with Gasteiger partial charge in [0.25, 0.3) is 5.78 Å². The van der Waals surface area contributed by atoms with Crippen molar-refractivity contribution in [2.24, 2.45) is 0 Å². The SMILES string of the molecule is O=CC(=O)C(=O)c1ccccc1Cl. The predicted octanol–water partition coefficient (Wildman–Crippen LogP) is 1.29. The molecule has 3 nitrogen and oxygen atoms in total. The van der Waals surface area contributed by atoms with Crippen molar-refractivity contribution in [2.45, 2.75) is 0 Å². The molecule has 0 amide bonds. The molecule has 0 saturated carbocycles. The van der Waals surface area contributed by atoms with E-state index in [0.717, 1.165) is 0 Å². The van der Waals surface area contributed by atoms with Crippen molar-refractivity contribution in [3.63, 3.8) is 0 Å². The first kappa shape index (κ1) is 9.61. The summed E-state index contributed by atoms with van der Waals surface area (Å²) in [6.07, 6.45) is -0.0222. The minimum absolute atomic E-state index is 0.0222. The quantitative estimate of drug-likeness (QED) is 0.317. The highest BCUT2D eigenvalue weighted by Crippen LogP contribution is 2.15. The zero-order valence-corrected chi connectivity index (χ0v) is 7.25. The van der Waals surface area contributed by atoms with Gasteiger partial charge in [-0.05, 0) is 12.1 Å². The van der Waals surface area contributed by atoms with Gasteiger partial charge in [-0.2, -0.15) is 0 Å². The second-order valence-corrected chi connectivity index (χ2v) is 2.70. The summed E-state index contributed by atoms with van der Waals surface area (Å²) in [4.78, 5) is 31.8. The lowest BCUT2D eigenvalue weighted by Crippen LogP contribution is -2.15. The van der Waals surface area contributed by atoms with E-state index in [1.165, 1.54) is 12.1 Å². The number of carbonyl (C=O) groups is 3. The monoisotopic (exact) mass is 196 g/mol. The molecule has 66 valence electrons. The maximum Gasteiger partial charge on any atom is 0.265 e. The zero-order chi connectivity index (χ0) is 9.84. The molecule has 1 aromatic carbocycles. The van der Waals surface area contributed by atoms with E-state index in [2.05, 4.69) is 0 Å². The summed E-state index contributed by atoms with van der Waals surface area (Å²) in [6, 6.07) is 6.07. The fraction of sp³-hybridized carbons (Fsp3) is 0. The molecular formula is C9H5ClO3. The van der Waals surface area contributed by atoms with Crippen molar-refractivity contribution in [1.29, 1.82) is 0 Å². The first-order chi connectivity index (χ1) is 6.16. The van der Waals surface area contributed by atoms with Crippen molar-refractivity contribution in [1.82, 2.24) is 0 Å². The topological polar surface area (TPSA) is 51.2 Å². The van der Waals surface area contributed by atoms with Crippen LogP contribution in [0.5, 0.6) is 0 Å². The van der Waals surface area contributed by atoms with E-state index >= 15 is 0 Å². The van der Waals surface area contributed by atoms with E-state index in [4.69, 9.17) is 11.6 Å². The number of hydrogen-bond acceptors (Lipinski definition) is 3. The molecule has 0 heterocycles. The first-order valence-corrected chi connectivity index (χ1v) is 3.83. The van der Waals surface area contributed by atoms with E-state index in [1.54, 1.807) is 12.1 Å². The Labute approximate surface area is 79.3 Å². The smallest absolute Gasteiger partial charge is 0.265 e. The molecular weight excluding hydrogens is 192 g/mol. The van der Waals surface area contributed by atoms with Crippen LogP contribution in [0, 0.1) is 0 Å². The first-order valence-electron chi connectivity index (χ1n) is 3.45. The van der Waals surface area contributed by atoms with Gasteiger partial charge in [0.15, 0.2) is 6.29 Å². The predicted molar refractivity (Wildman–Crippen MR) is 46.9 cm³/mol. The van der Waals surface area contributed by atoms with Crippen LogP contribution < -0.4 is 0 Å². The van der Waals surface area contributed by atoms with Gasteiger partial charge in [0, 0.05) is 5.56 Å². The van der Waals surface area contributed by atoms with Gasteiger partial charge < -0.3 is 0 Å². The Balaban J connectivity index is 3.09. The van der Waals surface area contributed by atoms with Gasteiger partial charge in [-0.1, -0.05) is 23.7 Å². The van der Waals surface area contributed by atoms with Crippen molar-refractivity contribution in [2.75, 3.05) is 0 Å². The van der Waals surface area contributed by atoms with Crippen LogP contribution in [0.25, 0.3) is 0 Å². The molecule has 0 spiro atoms. The molecule has 0 aliphatic rings. The fourth-order valence-electron chi connectivity index (χ4n) is 0.832. The Hall–Kier alpha value is -1.48. The molecule has 1 rings (SSSR count). The third-order valence-electron chi connectivity index (χ3n) is 1.45. The maximum absolute atomic E-state index is 11.1. The highest BCUT2D eigenvalue weighted by atomic mass is 35.5. The summed E-state index contributed by atoms with van der Waals surface area (Å²) in [5, 5.41) is 0.169. The summed E-state index contributed by atoms with van der Waals surface area (Å²) in [6.45, 7) is 0. The number of Topliss-reactive ketones (excluding diaryl/α,β-unsaturated/α-hetero) is 2. The molecule has 0 saturated heterocycles. The Bertz CT molecular complexity index is 371. The van der Waals surface area contributed by atoms with Crippen molar-refractivity contribution in [3.05, 3.63) is 34.9 Å². The number of benzene rings is 1. The van der Waals surface area contributed by atoms with Crippen LogP contribution in [0.2, 0.25) is 5.02 Å². The molecule has 13 heavy (non-hydrogen) atoms. The standard InChI is InChI=1S/C9H5ClO3/c10-7-4-2-1-3-6(7)9(13)8(12)5-11/h1-5H. The van der Waals surface area contributed by atoms with Crippen LogP contribution in [-0.2, 0) is 9.59 Å². The van der Waals surface area contributed by atoms with Crippen LogP contribution in [0.4, 0.5) is 0 Å². The normalized spacial score (nSPS) is 9.31. The lowest BCUT2D eigenvalue weighted by molar-refractivity contribution is -0.126. The summed E-state index contributed by atoms with van der Waals surface area (Å²) in [5.41, 5.74) is 0.0567. The Kier molecular flexibility index (Phi) is 2.93. The Morgan fingerprint density at radius 1 is 1.23 bits per heavy atom. The van der Waals surface area contributed by atoms with E-state index in [0.29, 0.717) is 0 Å². The summed E-state index contributed by atoms with van der Waals surface area (Å²) in [5.74, 6) is -1.96. The van der Waals surface area contributed by atoms with Crippen LogP contribution in [-0.4, -0.2) is 17.9 Å².